The van der Waals surface area contributed by atoms with Crippen LogP contribution < -0.4 is 0 Å². The van der Waals surface area contributed by atoms with Gasteiger partial charge in [0.15, 0.2) is 5.82 Å². The summed E-state index contributed by atoms with van der Waals surface area (Å²) in [6.45, 7) is 9.30. The van der Waals surface area contributed by atoms with Crippen molar-refractivity contribution in [2.24, 2.45) is 0 Å². The van der Waals surface area contributed by atoms with E-state index in [4.69, 9.17) is 4.74 Å². The zero-order valence-electron chi connectivity index (χ0n) is 14.4. The van der Waals surface area contributed by atoms with E-state index < -0.39 is 0 Å². The van der Waals surface area contributed by atoms with Crippen molar-refractivity contribution in [2.75, 3.05) is 26.3 Å². The molecule has 6 nitrogen and oxygen atoms in total. The second-order valence-electron chi connectivity index (χ2n) is 6.72. The number of nitrogens with zero attached hydrogens (tertiary/aromatic N) is 5. The molecule has 1 aliphatic rings. The van der Waals surface area contributed by atoms with Crippen molar-refractivity contribution in [3.8, 4) is 0 Å². The Bertz CT molecular complexity index is 664. The SMILES string of the molecule is CCC(C)(C)n1nnnc1C(c1ccc(F)cc1)N1CCOCC1. The quantitative estimate of drug-likeness (QED) is 0.841. The Balaban J connectivity index is 2.05. The molecule has 2 aromatic rings. The van der Waals surface area contributed by atoms with Gasteiger partial charge >= 0.3 is 0 Å². The first kappa shape index (κ1) is 17.0. The fraction of sp³-hybridized carbons (Fsp3) is 0.588. The average molecular weight is 333 g/mol. The minimum absolute atomic E-state index is 0.115. The van der Waals surface area contributed by atoms with Gasteiger partial charge in [-0.15, -0.1) is 5.10 Å². The van der Waals surface area contributed by atoms with Gasteiger partial charge in [-0.1, -0.05) is 19.1 Å². The summed E-state index contributed by atoms with van der Waals surface area (Å²) in [5.74, 6) is 0.545. The molecule has 1 aliphatic heterocycles. The zero-order valence-corrected chi connectivity index (χ0v) is 14.4. The molecule has 0 radical (unpaired) electrons. The number of morpholine rings is 1. The summed E-state index contributed by atoms with van der Waals surface area (Å²) in [6.07, 6.45) is 0.907. The van der Waals surface area contributed by atoms with Crippen LogP contribution in [0.2, 0.25) is 0 Å². The molecule has 3 rings (SSSR count). The maximum atomic E-state index is 13.4. The smallest absolute Gasteiger partial charge is 0.173 e. The molecular formula is C17H24FN5O. The highest BCUT2D eigenvalue weighted by atomic mass is 19.1. The van der Waals surface area contributed by atoms with Crippen LogP contribution in [0.5, 0.6) is 0 Å². The Morgan fingerprint density at radius 3 is 2.50 bits per heavy atom. The van der Waals surface area contributed by atoms with Crippen molar-refractivity contribution in [1.82, 2.24) is 25.1 Å². The van der Waals surface area contributed by atoms with Gasteiger partial charge in [0.25, 0.3) is 0 Å². The highest BCUT2D eigenvalue weighted by Gasteiger charge is 2.33. The van der Waals surface area contributed by atoms with E-state index in [-0.39, 0.29) is 17.4 Å². The zero-order chi connectivity index (χ0) is 17.2. The fourth-order valence-corrected chi connectivity index (χ4v) is 2.95. The van der Waals surface area contributed by atoms with E-state index >= 15 is 0 Å². The fourth-order valence-electron chi connectivity index (χ4n) is 2.95. The summed E-state index contributed by atoms with van der Waals surface area (Å²) in [5, 5.41) is 12.5. The topological polar surface area (TPSA) is 56.1 Å². The van der Waals surface area contributed by atoms with Crippen LogP contribution in [0.1, 0.15) is 44.6 Å². The van der Waals surface area contributed by atoms with Crippen LogP contribution in [0.3, 0.4) is 0 Å². The van der Waals surface area contributed by atoms with Crippen molar-refractivity contribution in [3.05, 3.63) is 41.5 Å². The summed E-state index contributed by atoms with van der Waals surface area (Å²) in [5.41, 5.74) is 0.796. The van der Waals surface area contributed by atoms with Gasteiger partial charge in [0, 0.05) is 13.1 Å². The molecule has 1 unspecified atom stereocenters. The minimum Gasteiger partial charge on any atom is -0.379 e. The van der Waals surface area contributed by atoms with Gasteiger partial charge in [-0.05, 0) is 48.4 Å². The molecule has 0 bridgehead atoms. The van der Waals surface area contributed by atoms with Crippen LogP contribution in [0.15, 0.2) is 24.3 Å². The van der Waals surface area contributed by atoms with Crippen LogP contribution >= 0.6 is 0 Å². The molecule has 130 valence electrons. The number of tetrazole rings is 1. The normalized spacial score (nSPS) is 17.8. The van der Waals surface area contributed by atoms with Crippen molar-refractivity contribution in [1.29, 1.82) is 0 Å². The monoisotopic (exact) mass is 333 g/mol. The number of halogens is 1. The molecule has 0 saturated carbocycles. The summed E-state index contributed by atoms with van der Waals surface area (Å²) >= 11 is 0. The summed E-state index contributed by atoms with van der Waals surface area (Å²) in [4.78, 5) is 2.30. The maximum absolute atomic E-state index is 13.4. The number of hydrogen-bond acceptors (Lipinski definition) is 5. The largest absolute Gasteiger partial charge is 0.379 e. The molecule has 0 N–H and O–H groups in total. The van der Waals surface area contributed by atoms with Crippen LogP contribution in [-0.4, -0.2) is 51.4 Å². The lowest BCUT2D eigenvalue weighted by atomic mass is 9.99. The maximum Gasteiger partial charge on any atom is 0.173 e. The molecule has 0 spiro atoms. The third-order valence-corrected chi connectivity index (χ3v) is 4.77. The molecule has 0 aliphatic carbocycles. The predicted octanol–water partition coefficient (Wildman–Crippen LogP) is 2.38. The molecular weight excluding hydrogens is 309 g/mol. The molecule has 2 heterocycles. The molecule has 1 fully saturated rings. The lowest BCUT2D eigenvalue weighted by Gasteiger charge is -2.35. The first-order chi connectivity index (χ1) is 11.5. The summed E-state index contributed by atoms with van der Waals surface area (Å²) in [6, 6.07) is 6.49. The van der Waals surface area contributed by atoms with Crippen molar-refractivity contribution >= 4 is 0 Å². The molecule has 7 heteroatoms. The highest BCUT2D eigenvalue weighted by molar-refractivity contribution is 5.26. The number of benzene rings is 1. The third-order valence-electron chi connectivity index (χ3n) is 4.77. The van der Waals surface area contributed by atoms with Gasteiger partial charge in [-0.2, -0.15) is 0 Å². The van der Waals surface area contributed by atoms with Gasteiger partial charge in [0.2, 0.25) is 0 Å². The van der Waals surface area contributed by atoms with E-state index in [9.17, 15) is 4.39 Å². The van der Waals surface area contributed by atoms with Crippen LogP contribution in [0, 0.1) is 5.82 Å². The second kappa shape index (κ2) is 6.94. The molecule has 1 aromatic carbocycles. The van der Waals surface area contributed by atoms with Gasteiger partial charge in [-0.25, -0.2) is 9.07 Å². The van der Waals surface area contributed by atoms with Crippen LogP contribution in [0.4, 0.5) is 4.39 Å². The molecule has 24 heavy (non-hydrogen) atoms. The molecule has 1 atom stereocenters. The van der Waals surface area contributed by atoms with Crippen LogP contribution in [0.25, 0.3) is 0 Å². The van der Waals surface area contributed by atoms with Crippen molar-refractivity contribution in [2.45, 2.75) is 38.8 Å². The van der Waals surface area contributed by atoms with E-state index in [1.807, 2.05) is 16.8 Å². The number of rotatable bonds is 5. The standard InChI is InChI=1S/C17H24FN5O/c1-4-17(2,3)23-16(19-20-21-23)15(22-9-11-24-12-10-22)13-5-7-14(18)8-6-13/h5-8,15H,4,9-12H2,1-3H3. The lowest BCUT2D eigenvalue weighted by molar-refractivity contribution is 0.0206. The minimum atomic E-state index is -0.243. The summed E-state index contributed by atoms with van der Waals surface area (Å²) in [7, 11) is 0. The molecule has 0 amide bonds. The predicted molar refractivity (Wildman–Crippen MR) is 88.1 cm³/mol. The Kier molecular flexibility index (Phi) is 4.91. The summed E-state index contributed by atoms with van der Waals surface area (Å²) < 4.78 is 20.8. The van der Waals surface area contributed by atoms with E-state index in [1.54, 1.807) is 0 Å². The van der Waals surface area contributed by atoms with Crippen LogP contribution in [-0.2, 0) is 10.3 Å². The Morgan fingerprint density at radius 1 is 1.21 bits per heavy atom. The average Bonchev–Trinajstić information content (AvgIpc) is 3.08. The first-order valence-corrected chi connectivity index (χ1v) is 8.39. The molecule has 1 aromatic heterocycles. The van der Waals surface area contributed by atoms with E-state index in [2.05, 4.69) is 41.2 Å². The van der Waals surface area contributed by atoms with Crippen molar-refractivity contribution in [3.63, 3.8) is 0 Å². The Hall–Kier alpha value is -1.86. The van der Waals surface area contributed by atoms with Gasteiger partial charge in [0.1, 0.15) is 5.82 Å². The number of aromatic nitrogens is 4. The number of hydrogen-bond donors (Lipinski definition) is 0. The lowest BCUT2D eigenvalue weighted by Crippen LogP contribution is -2.42. The second-order valence-corrected chi connectivity index (χ2v) is 6.72. The van der Waals surface area contributed by atoms with E-state index in [1.165, 1.54) is 12.1 Å². The first-order valence-electron chi connectivity index (χ1n) is 8.39. The highest BCUT2D eigenvalue weighted by Crippen LogP contribution is 2.31. The van der Waals surface area contributed by atoms with Crippen molar-refractivity contribution < 1.29 is 9.13 Å². The molecule has 1 saturated heterocycles. The Morgan fingerprint density at radius 2 is 1.88 bits per heavy atom. The number of ether oxygens (including phenoxy) is 1. The van der Waals surface area contributed by atoms with Gasteiger partial charge in [0.05, 0.1) is 24.8 Å². The van der Waals surface area contributed by atoms with Gasteiger partial charge in [-0.3, -0.25) is 4.90 Å². The van der Waals surface area contributed by atoms with E-state index in [0.717, 1.165) is 30.9 Å². The third kappa shape index (κ3) is 3.32. The Labute approximate surface area is 141 Å². The van der Waals surface area contributed by atoms with E-state index in [0.29, 0.717) is 13.2 Å². The van der Waals surface area contributed by atoms with Gasteiger partial charge < -0.3 is 4.74 Å².